The number of aryl methyl sites for hydroxylation is 2. The minimum Gasteiger partial charge on any atom is -0.327 e. The number of likely N-dealkylation sites (tertiary alicyclic amines) is 1. The van der Waals surface area contributed by atoms with Gasteiger partial charge < -0.3 is 9.88 Å². The van der Waals surface area contributed by atoms with Crippen LogP contribution in [0.3, 0.4) is 0 Å². The molecule has 3 heterocycles. The fourth-order valence-corrected chi connectivity index (χ4v) is 3.37. The van der Waals surface area contributed by atoms with Gasteiger partial charge in [-0.1, -0.05) is 12.1 Å². The van der Waals surface area contributed by atoms with Crippen molar-refractivity contribution in [2.45, 2.75) is 25.8 Å². The van der Waals surface area contributed by atoms with Gasteiger partial charge in [0, 0.05) is 19.3 Å². The molecule has 3 aromatic rings. The zero-order valence-electron chi connectivity index (χ0n) is 14.2. The number of carbonyl (C=O) groups excluding carboxylic acids is 1. The van der Waals surface area contributed by atoms with Crippen LogP contribution in [0.15, 0.2) is 35.1 Å². The van der Waals surface area contributed by atoms with E-state index in [-0.39, 0.29) is 17.5 Å². The molecule has 1 saturated heterocycles. The molecule has 1 aliphatic heterocycles. The Bertz CT molecular complexity index is 1000. The van der Waals surface area contributed by atoms with E-state index in [0.717, 1.165) is 18.5 Å². The van der Waals surface area contributed by atoms with Crippen molar-refractivity contribution in [1.82, 2.24) is 24.6 Å². The van der Waals surface area contributed by atoms with E-state index in [1.807, 2.05) is 32.2 Å². The SMILES string of the molecule is Cc1cc(C(=O)N2CCCC2c2nc3ccccc3c(=O)[nH]2)nn1C. The molecule has 7 nitrogen and oxygen atoms in total. The smallest absolute Gasteiger partial charge is 0.274 e. The summed E-state index contributed by atoms with van der Waals surface area (Å²) >= 11 is 0. The highest BCUT2D eigenvalue weighted by Crippen LogP contribution is 2.31. The molecule has 128 valence electrons. The van der Waals surface area contributed by atoms with Gasteiger partial charge >= 0.3 is 0 Å². The molecule has 1 N–H and O–H groups in total. The van der Waals surface area contributed by atoms with Crippen molar-refractivity contribution in [2.75, 3.05) is 6.54 Å². The number of hydrogen-bond donors (Lipinski definition) is 1. The lowest BCUT2D eigenvalue weighted by Gasteiger charge is -2.23. The zero-order valence-corrected chi connectivity index (χ0v) is 14.2. The number of nitrogens with zero attached hydrogens (tertiary/aromatic N) is 4. The highest BCUT2D eigenvalue weighted by molar-refractivity contribution is 5.93. The summed E-state index contributed by atoms with van der Waals surface area (Å²) in [6.07, 6.45) is 1.65. The van der Waals surface area contributed by atoms with Crippen LogP contribution >= 0.6 is 0 Å². The van der Waals surface area contributed by atoms with Crippen LogP contribution in [0.2, 0.25) is 0 Å². The number of hydrogen-bond acceptors (Lipinski definition) is 4. The third-order valence-corrected chi connectivity index (χ3v) is 4.79. The molecule has 1 atom stereocenters. The molecular formula is C18H19N5O2. The molecule has 1 fully saturated rings. The van der Waals surface area contributed by atoms with Crippen LogP contribution < -0.4 is 5.56 Å². The first-order chi connectivity index (χ1) is 12.0. The van der Waals surface area contributed by atoms with Crippen LogP contribution in [0, 0.1) is 6.92 Å². The van der Waals surface area contributed by atoms with Gasteiger partial charge in [-0.05, 0) is 38.0 Å². The number of aromatic amines is 1. The lowest BCUT2D eigenvalue weighted by atomic mass is 10.1. The molecule has 0 bridgehead atoms. The molecule has 1 amide bonds. The summed E-state index contributed by atoms with van der Waals surface area (Å²) in [6, 6.07) is 8.79. The summed E-state index contributed by atoms with van der Waals surface area (Å²) < 4.78 is 1.69. The first-order valence-electron chi connectivity index (χ1n) is 8.35. The van der Waals surface area contributed by atoms with Gasteiger partial charge in [0.1, 0.15) is 5.82 Å². The summed E-state index contributed by atoms with van der Waals surface area (Å²) in [4.78, 5) is 34.4. The fourth-order valence-electron chi connectivity index (χ4n) is 3.37. The first kappa shape index (κ1) is 15.6. The number of nitrogens with one attached hydrogen (secondary N) is 1. The van der Waals surface area contributed by atoms with Gasteiger partial charge in [-0.2, -0.15) is 5.10 Å². The minimum atomic E-state index is -0.230. The van der Waals surface area contributed by atoms with Gasteiger partial charge in [0.05, 0.1) is 16.9 Å². The average molecular weight is 337 g/mol. The second-order valence-electron chi connectivity index (χ2n) is 6.42. The molecule has 0 saturated carbocycles. The third kappa shape index (κ3) is 2.61. The Balaban J connectivity index is 1.72. The summed E-state index contributed by atoms with van der Waals surface area (Å²) in [5.74, 6) is 0.421. The van der Waals surface area contributed by atoms with Crippen LogP contribution in [0.1, 0.15) is 40.9 Å². The maximum atomic E-state index is 12.9. The molecule has 4 rings (SSSR count). The second kappa shape index (κ2) is 5.84. The Morgan fingerprint density at radius 2 is 2.12 bits per heavy atom. The first-order valence-corrected chi connectivity index (χ1v) is 8.35. The van der Waals surface area contributed by atoms with Crippen LogP contribution in [0.5, 0.6) is 0 Å². The van der Waals surface area contributed by atoms with Gasteiger partial charge in [0.2, 0.25) is 0 Å². The number of H-pyrrole nitrogens is 1. The standard InChI is InChI=1S/C18H19N5O2/c1-11-10-14(21-22(11)2)18(25)23-9-5-8-15(23)16-19-13-7-4-3-6-12(13)17(24)20-16/h3-4,6-7,10,15H,5,8-9H2,1-2H3,(H,19,20,24). The third-order valence-electron chi connectivity index (χ3n) is 4.79. The summed E-state index contributed by atoms with van der Waals surface area (Å²) in [6.45, 7) is 2.54. The van der Waals surface area contributed by atoms with Gasteiger partial charge in [0.15, 0.2) is 5.69 Å². The minimum absolute atomic E-state index is 0.123. The highest BCUT2D eigenvalue weighted by atomic mass is 16.2. The van der Waals surface area contributed by atoms with Gasteiger partial charge in [-0.3, -0.25) is 14.3 Å². The molecule has 0 aliphatic carbocycles. The van der Waals surface area contributed by atoms with Crippen molar-refractivity contribution in [3.8, 4) is 0 Å². The maximum absolute atomic E-state index is 12.9. The van der Waals surface area contributed by atoms with Crippen LogP contribution in [-0.4, -0.2) is 37.1 Å². The van der Waals surface area contributed by atoms with E-state index < -0.39 is 0 Å². The number of para-hydroxylation sites is 1. The molecule has 1 unspecified atom stereocenters. The number of aromatic nitrogens is 4. The maximum Gasteiger partial charge on any atom is 0.274 e. The number of rotatable bonds is 2. The average Bonchev–Trinajstić information content (AvgIpc) is 3.21. The van der Waals surface area contributed by atoms with Crippen molar-refractivity contribution in [3.63, 3.8) is 0 Å². The molecule has 7 heteroatoms. The van der Waals surface area contributed by atoms with Crippen LogP contribution in [0.25, 0.3) is 10.9 Å². The largest absolute Gasteiger partial charge is 0.327 e. The van der Waals surface area contributed by atoms with Gasteiger partial charge in [0.25, 0.3) is 11.5 Å². The molecule has 1 aliphatic rings. The molecule has 1 aromatic carbocycles. The Morgan fingerprint density at radius 1 is 1.32 bits per heavy atom. The Hall–Kier alpha value is -2.96. The van der Waals surface area contributed by atoms with E-state index in [1.165, 1.54) is 0 Å². The Labute approximate surface area is 144 Å². The molecule has 2 aromatic heterocycles. The molecule has 0 radical (unpaired) electrons. The van der Waals surface area contributed by atoms with E-state index in [1.54, 1.807) is 21.7 Å². The van der Waals surface area contributed by atoms with Crippen molar-refractivity contribution >= 4 is 16.8 Å². The van der Waals surface area contributed by atoms with E-state index in [2.05, 4.69) is 15.1 Å². The van der Waals surface area contributed by atoms with E-state index in [0.29, 0.717) is 29.0 Å². The number of carbonyl (C=O) groups is 1. The second-order valence-corrected chi connectivity index (χ2v) is 6.42. The predicted octanol–water partition coefficient (Wildman–Crippen LogP) is 1.94. The van der Waals surface area contributed by atoms with E-state index >= 15 is 0 Å². The zero-order chi connectivity index (χ0) is 17.6. The molecular weight excluding hydrogens is 318 g/mol. The lowest BCUT2D eigenvalue weighted by Crippen LogP contribution is -2.32. The monoisotopic (exact) mass is 337 g/mol. The molecule has 0 spiro atoms. The van der Waals surface area contributed by atoms with Crippen molar-refractivity contribution in [2.24, 2.45) is 7.05 Å². The topological polar surface area (TPSA) is 83.9 Å². The van der Waals surface area contributed by atoms with Gasteiger partial charge in [-0.25, -0.2) is 4.98 Å². The van der Waals surface area contributed by atoms with Gasteiger partial charge in [-0.15, -0.1) is 0 Å². The molecule has 25 heavy (non-hydrogen) atoms. The van der Waals surface area contributed by atoms with Crippen molar-refractivity contribution < 1.29 is 4.79 Å². The summed E-state index contributed by atoms with van der Waals surface area (Å²) in [5, 5.41) is 4.84. The summed E-state index contributed by atoms with van der Waals surface area (Å²) in [7, 11) is 1.82. The Morgan fingerprint density at radius 3 is 2.88 bits per heavy atom. The quantitative estimate of drug-likeness (QED) is 0.774. The number of fused-ring (bicyclic) bond motifs is 1. The van der Waals surface area contributed by atoms with E-state index in [4.69, 9.17) is 0 Å². The van der Waals surface area contributed by atoms with Crippen molar-refractivity contribution in [1.29, 1.82) is 0 Å². The number of benzene rings is 1. The van der Waals surface area contributed by atoms with Crippen LogP contribution in [0.4, 0.5) is 0 Å². The predicted molar refractivity (Wildman–Crippen MR) is 93.3 cm³/mol. The summed E-state index contributed by atoms with van der Waals surface area (Å²) in [5.41, 5.74) is 1.83. The number of amides is 1. The van der Waals surface area contributed by atoms with Crippen molar-refractivity contribution in [3.05, 3.63) is 57.9 Å². The lowest BCUT2D eigenvalue weighted by molar-refractivity contribution is 0.0723. The fraction of sp³-hybridized carbons (Fsp3) is 0.333. The highest BCUT2D eigenvalue weighted by Gasteiger charge is 2.33. The van der Waals surface area contributed by atoms with Crippen LogP contribution in [-0.2, 0) is 7.05 Å². The Kier molecular flexibility index (Phi) is 3.63. The normalized spacial score (nSPS) is 17.4. The van der Waals surface area contributed by atoms with E-state index in [9.17, 15) is 9.59 Å².